The Morgan fingerprint density at radius 2 is 2.00 bits per heavy atom. The largest absolute Gasteiger partial charge is 0.395 e. The van der Waals surface area contributed by atoms with Gasteiger partial charge in [0.25, 0.3) is 0 Å². The van der Waals surface area contributed by atoms with E-state index in [1.54, 1.807) is 11.8 Å². The summed E-state index contributed by atoms with van der Waals surface area (Å²) < 4.78 is 14.4. The van der Waals surface area contributed by atoms with Crippen LogP contribution in [0.15, 0.2) is 30.3 Å². The van der Waals surface area contributed by atoms with Crippen LogP contribution in [0.5, 0.6) is 0 Å². The number of aliphatic hydroxyl groups is 2. The molecule has 5 nitrogen and oxygen atoms in total. The molecular weight excluding hydrogens is 311 g/mol. The fourth-order valence-corrected chi connectivity index (χ4v) is 3.29. The molecule has 1 aromatic rings. The lowest BCUT2D eigenvalue weighted by atomic mass is 10.1. The summed E-state index contributed by atoms with van der Waals surface area (Å²) in [6.45, 7) is 2.14. The van der Waals surface area contributed by atoms with Crippen LogP contribution in [0.2, 0.25) is 0 Å². The number of nitrogens with zero attached hydrogens (tertiary/aromatic N) is 1. The first-order chi connectivity index (χ1) is 11.6. The number of carbonyl (C=O) groups excluding carboxylic acids is 1. The van der Waals surface area contributed by atoms with Gasteiger partial charge in [-0.05, 0) is 24.9 Å². The van der Waals surface area contributed by atoms with Gasteiger partial charge in [-0.2, -0.15) is 0 Å². The van der Waals surface area contributed by atoms with Gasteiger partial charge in [-0.1, -0.05) is 37.3 Å². The number of amides is 1. The van der Waals surface area contributed by atoms with E-state index < -0.39 is 24.4 Å². The lowest BCUT2D eigenvalue weighted by molar-refractivity contribution is -0.121. The number of alkyl halides is 1. The molecule has 0 aliphatic carbocycles. The molecule has 6 heteroatoms. The van der Waals surface area contributed by atoms with Gasteiger partial charge in [0.05, 0.1) is 18.7 Å². The van der Waals surface area contributed by atoms with Crippen molar-refractivity contribution in [3.05, 3.63) is 35.9 Å². The van der Waals surface area contributed by atoms with Crippen LogP contribution >= 0.6 is 0 Å². The summed E-state index contributed by atoms with van der Waals surface area (Å²) in [6, 6.07) is 8.77. The van der Waals surface area contributed by atoms with Crippen molar-refractivity contribution >= 4 is 5.91 Å². The number of carbonyl (C=O) groups is 1. The van der Waals surface area contributed by atoms with E-state index in [2.05, 4.69) is 5.32 Å². The molecule has 0 radical (unpaired) electrons. The molecule has 0 spiro atoms. The van der Waals surface area contributed by atoms with E-state index in [0.29, 0.717) is 13.0 Å². The Morgan fingerprint density at radius 3 is 2.62 bits per heavy atom. The predicted octanol–water partition coefficient (Wildman–Crippen LogP) is 0.889. The second-order valence-corrected chi connectivity index (χ2v) is 6.24. The molecule has 0 bridgehead atoms. The molecule has 4 atom stereocenters. The number of hydrogen-bond acceptors (Lipinski definition) is 4. The molecule has 1 aliphatic rings. The highest BCUT2D eigenvalue weighted by molar-refractivity contribution is 5.75. The van der Waals surface area contributed by atoms with Crippen LogP contribution < -0.4 is 5.32 Å². The molecule has 0 aromatic heterocycles. The summed E-state index contributed by atoms with van der Waals surface area (Å²) >= 11 is 0. The highest BCUT2D eigenvalue weighted by Crippen LogP contribution is 2.27. The Morgan fingerprint density at radius 1 is 1.29 bits per heavy atom. The molecule has 1 saturated heterocycles. The molecule has 0 unspecified atom stereocenters. The Hall–Kier alpha value is -1.50. The SMILES string of the molecule is CCC(=O)NC[C@@H]1[C@H](F)[C@H](O)[C@@H](CO)N1CCCc1ccccc1. The Balaban J connectivity index is 1.96. The fourth-order valence-electron chi connectivity index (χ4n) is 3.29. The molecule has 1 aromatic carbocycles. The van der Waals surface area contributed by atoms with Gasteiger partial charge in [-0.15, -0.1) is 0 Å². The van der Waals surface area contributed by atoms with Crippen molar-refractivity contribution in [3.63, 3.8) is 0 Å². The second-order valence-electron chi connectivity index (χ2n) is 6.24. The zero-order valence-corrected chi connectivity index (χ0v) is 14.1. The zero-order valence-electron chi connectivity index (χ0n) is 14.1. The number of halogens is 1. The van der Waals surface area contributed by atoms with Gasteiger partial charge in [0.15, 0.2) is 0 Å². The minimum atomic E-state index is -1.48. The van der Waals surface area contributed by atoms with E-state index in [-0.39, 0.29) is 19.1 Å². The quantitative estimate of drug-likeness (QED) is 0.658. The van der Waals surface area contributed by atoms with Gasteiger partial charge in [0.2, 0.25) is 5.91 Å². The lowest BCUT2D eigenvalue weighted by Crippen LogP contribution is -2.47. The van der Waals surface area contributed by atoms with Gasteiger partial charge < -0.3 is 15.5 Å². The zero-order chi connectivity index (χ0) is 17.5. The summed E-state index contributed by atoms with van der Waals surface area (Å²) in [4.78, 5) is 13.2. The van der Waals surface area contributed by atoms with E-state index in [4.69, 9.17) is 0 Å². The van der Waals surface area contributed by atoms with Gasteiger partial charge >= 0.3 is 0 Å². The molecule has 0 saturated carbocycles. The summed E-state index contributed by atoms with van der Waals surface area (Å²) in [5.74, 6) is -0.145. The van der Waals surface area contributed by atoms with Crippen LogP contribution in [0, 0.1) is 0 Å². The van der Waals surface area contributed by atoms with Crippen molar-refractivity contribution < 1.29 is 19.4 Å². The normalized spacial score (nSPS) is 27.3. The molecule has 2 rings (SSSR count). The van der Waals surface area contributed by atoms with Crippen LogP contribution in [-0.2, 0) is 11.2 Å². The molecule has 1 heterocycles. The predicted molar refractivity (Wildman–Crippen MR) is 90.3 cm³/mol. The van der Waals surface area contributed by atoms with E-state index in [0.717, 1.165) is 12.8 Å². The van der Waals surface area contributed by atoms with Crippen molar-refractivity contribution in [1.82, 2.24) is 10.2 Å². The van der Waals surface area contributed by atoms with E-state index in [9.17, 15) is 19.4 Å². The molecule has 1 aliphatic heterocycles. The third kappa shape index (κ3) is 4.53. The number of aryl methyl sites for hydroxylation is 1. The standard InChI is InChI=1S/C18H27FN2O3/c1-2-16(23)20-11-14-17(19)18(24)15(12-22)21(14)10-6-9-13-7-4-3-5-8-13/h3-5,7-8,14-15,17-18,22,24H,2,6,9-12H2,1H3,(H,20,23)/t14-,15-,17+,18-/m1/s1. The number of aliphatic hydroxyl groups excluding tert-OH is 2. The van der Waals surface area contributed by atoms with E-state index >= 15 is 0 Å². The van der Waals surface area contributed by atoms with Gasteiger partial charge in [0, 0.05) is 13.0 Å². The maximum Gasteiger partial charge on any atom is 0.219 e. The summed E-state index contributed by atoms with van der Waals surface area (Å²) in [7, 11) is 0. The maximum absolute atomic E-state index is 14.4. The third-order valence-corrected chi connectivity index (χ3v) is 4.68. The van der Waals surface area contributed by atoms with E-state index in [1.807, 2.05) is 30.3 Å². The minimum Gasteiger partial charge on any atom is -0.395 e. The van der Waals surface area contributed by atoms with Crippen LogP contribution in [0.3, 0.4) is 0 Å². The Labute approximate surface area is 142 Å². The van der Waals surface area contributed by atoms with Crippen molar-refractivity contribution in [1.29, 1.82) is 0 Å². The number of likely N-dealkylation sites (tertiary alicyclic amines) is 1. The molecular formula is C18H27FN2O3. The van der Waals surface area contributed by atoms with Crippen molar-refractivity contribution in [2.75, 3.05) is 19.7 Å². The molecule has 24 heavy (non-hydrogen) atoms. The molecule has 1 amide bonds. The highest BCUT2D eigenvalue weighted by Gasteiger charge is 2.47. The van der Waals surface area contributed by atoms with Crippen molar-refractivity contribution in [3.8, 4) is 0 Å². The van der Waals surface area contributed by atoms with Crippen LogP contribution in [0.25, 0.3) is 0 Å². The van der Waals surface area contributed by atoms with Crippen molar-refractivity contribution in [2.45, 2.75) is 50.5 Å². The van der Waals surface area contributed by atoms with E-state index in [1.165, 1.54) is 5.56 Å². The monoisotopic (exact) mass is 338 g/mol. The minimum absolute atomic E-state index is 0.145. The lowest BCUT2D eigenvalue weighted by Gasteiger charge is -2.29. The third-order valence-electron chi connectivity index (χ3n) is 4.68. The summed E-state index contributed by atoms with van der Waals surface area (Å²) in [5, 5.41) is 22.3. The Kier molecular flexibility index (Phi) is 7.15. The second kappa shape index (κ2) is 9.11. The first kappa shape index (κ1) is 18.8. The van der Waals surface area contributed by atoms with Gasteiger partial charge in [-0.25, -0.2) is 4.39 Å². The van der Waals surface area contributed by atoms with Crippen LogP contribution in [-0.4, -0.2) is 65.1 Å². The first-order valence-corrected chi connectivity index (χ1v) is 8.57. The molecule has 1 fully saturated rings. The summed E-state index contributed by atoms with van der Waals surface area (Å²) in [6.07, 6.45) is -0.732. The van der Waals surface area contributed by atoms with Gasteiger partial charge in [-0.3, -0.25) is 9.69 Å². The smallest absolute Gasteiger partial charge is 0.219 e. The average Bonchev–Trinajstić information content (AvgIpc) is 2.84. The van der Waals surface area contributed by atoms with Crippen LogP contribution in [0.4, 0.5) is 4.39 Å². The molecule has 3 N–H and O–H groups in total. The molecule has 134 valence electrons. The number of benzene rings is 1. The Bertz CT molecular complexity index is 514. The fraction of sp³-hybridized carbons (Fsp3) is 0.611. The maximum atomic E-state index is 14.4. The van der Waals surface area contributed by atoms with Gasteiger partial charge in [0.1, 0.15) is 12.3 Å². The highest BCUT2D eigenvalue weighted by atomic mass is 19.1. The number of rotatable bonds is 8. The van der Waals surface area contributed by atoms with Crippen LogP contribution in [0.1, 0.15) is 25.3 Å². The topological polar surface area (TPSA) is 72.8 Å². The summed E-state index contributed by atoms with van der Waals surface area (Å²) in [5.41, 5.74) is 1.20. The average molecular weight is 338 g/mol. The van der Waals surface area contributed by atoms with Crippen molar-refractivity contribution in [2.24, 2.45) is 0 Å². The number of nitrogens with one attached hydrogen (secondary N) is 1. The number of hydrogen-bond donors (Lipinski definition) is 3. The first-order valence-electron chi connectivity index (χ1n) is 8.57.